The van der Waals surface area contributed by atoms with E-state index in [4.69, 9.17) is 0 Å². The monoisotopic (exact) mass is 328 g/mol. The summed E-state index contributed by atoms with van der Waals surface area (Å²) < 4.78 is 88.5. The standard InChI is InChI=1S/C4HF8I/c5-1(6)2(7,8)3(9,10)4(11,12)13/h1H. The van der Waals surface area contributed by atoms with Crippen molar-refractivity contribution >= 4 is 22.6 Å². The third-order valence-electron chi connectivity index (χ3n) is 1.05. The second kappa shape index (κ2) is 3.39. The van der Waals surface area contributed by atoms with Crippen LogP contribution in [0.15, 0.2) is 0 Å². The molecule has 0 radical (unpaired) electrons. The van der Waals surface area contributed by atoms with Gasteiger partial charge in [-0.05, 0) is 0 Å². The highest BCUT2D eigenvalue weighted by molar-refractivity contribution is 14.1. The van der Waals surface area contributed by atoms with Gasteiger partial charge in [0.1, 0.15) is 0 Å². The van der Waals surface area contributed by atoms with Crippen molar-refractivity contribution in [3.05, 3.63) is 0 Å². The number of hydrogen-bond donors (Lipinski definition) is 0. The van der Waals surface area contributed by atoms with Gasteiger partial charge in [-0.1, -0.05) is 0 Å². The molecule has 0 aromatic rings. The van der Waals surface area contributed by atoms with Gasteiger partial charge in [-0.15, -0.1) is 0 Å². The van der Waals surface area contributed by atoms with Crippen molar-refractivity contribution in [2.75, 3.05) is 0 Å². The third-order valence-corrected chi connectivity index (χ3v) is 1.73. The number of alkyl halides is 9. The van der Waals surface area contributed by atoms with Gasteiger partial charge >= 0.3 is 22.2 Å². The first kappa shape index (κ1) is 13.2. The summed E-state index contributed by atoms with van der Waals surface area (Å²) in [6.07, 6.45) is -4.84. The van der Waals surface area contributed by atoms with Gasteiger partial charge in [0.05, 0.1) is 0 Å². The molecule has 0 spiro atoms. The first-order valence-electron chi connectivity index (χ1n) is 2.55. The van der Waals surface area contributed by atoms with Gasteiger partial charge < -0.3 is 0 Å². The van der Waals surface area contributed by atoms with Crippen LogP contribution in [0.4, 0.5) is 35.1 Å². The molecule has 0 saturated carbocycles. The molecular weight excluding hydrogens is 327 g/mol. The number of halogens is 9. The van der Waals surface area contributed by atoms with Gasteiger partial charge in [-0.3, -0.25) is 0 Å². The lowest BCUT2D eigenvalue weighted by Gasteiger charge is -2.28. The fourth-order valence-corrected chi connectivity index (χ4v) is 0.686. The van der Waals surface area contributed by atoms with E-state index in [1.807, 2.05) is 0 Å². The van der Waals surface area contributed by atoms with Gasteiger partial charge in [0.25, 0.3) is 0 Å². The molecule has 0 aliphatic heterocycles. The van der Waals surface area contributed by atoms with Crippen LogP contribution in [-0.2, 0) is 0 Å². The molecule has 0 aliphatic carbocycles. The van der Waals surface area contributed by atoms with Crippen molar-refractivity contribution in [3.8, 4) is 0 Å². The largest absolute Gasteiger partial charge is 0.387 e. The quantitative estimate of drug-likeness (QED) is 0.422. The van der Waals surface area contributed by atoms with Crippen LogP contribution in [0.2, 0.25) is 0 Å². The van der Waals surface area contributed by atoms with Crippen LogP contribution in [0.5, 0.6) is 0 Å². The molecule has 0 unspecified atom stereocenters. The van der Waals surface area contributed by atoms with E-state index in [0.717, 1.165) is 0 Å². The Kier molecular flexibility index (Phi) is 3.43. The van der Waals surface area contributed by atoms with Gasteiger partial charge in [0, 0.05) is 22.6 Å². The van der Waals surface area contributed by atoms with E-state index < -0.39 is 22.2 Å². The van der Waals surface area contributed by atoms with Crippen LogP contribution in [0.25, 0.3) is 0 Å². The van der Waals surface area contributed by atoms with E-state index in [0.29, 0.717) is 0 Å². The highest BCUT2D eigenvalue weighted by Gasteiger charge is 2.74. The topological polar surface area (TPSA) is 0 Å². The van der Waals surface area contributed by atoms with Crippen molar-refractivity contribution in [2.45, 2.75) is 22.2 Å². The first-order valence-corrected chi connectivity index (χ1v) is 3.63. The minimum absolute atomic E-state index is 0.319. The highest BCUT2D eigenvalue weighted by atomic mass is 127. The fourth-order valence-electron chi connectivity index (χ4n) is 0.326. The molecule has 13 heavy (non-hydrogen) atoms. The molecule has 0 aliphatic rings. The highest BCUT2D eigenvalue weighted by Crippen LogP contribution is 2.51. The second-order valence-electron chi connectivity index (χ2n) is 2.00. The predicted octanol–water partition coefficient (Wildman–Crippen LogP) is 3.55. The van der Waals surface area contributed by atoms with Crippen LogP contribution in [0.3, 0.4) is 0 Å². The lowest BCUT2D eigenvalue weighted by atomic mass is 10.2. The molecular formula is C4HF8I. The maximum Gasteiger partial charge on any atom is 0.387 e. The summed E-state index contributed by atoms with van der Waals surface area (Å²) in [5, 5.41) is 0. The molecule has 0 N–H and O–H groups in total. The summed E-state index contributed by atoms with van der Waals surface area (Å²) in [4.78, 5) is 0. The lowest BCUT2D eigenvalue weighted by molar-refractivity contribution is -0.308. The summed E-state index contributed by atoms with van der Waals surface area (Å²) >= 11 is -0.319. The van der Waals surface area contributed by atoms with E-state index >= 15 is 0 Å². The molecule has 80 valence electrons. The van der Waals surface area contributed by atoms with Gasteiger partial charge in [-0.2, -0.15) is 26.3 Å². The van der Waals surface area contributed by atoms with Crippen molar-refractivity contribution < 1.29 is 35.1 Å². The van der Waals surface area contributed by atoms with Crippen molar-refractivity contribution in [2.24, 2.45) is 0 Å². The fraction of sp³-hybridized carbons (Fsp3) is 1.00. The molecule has 0 saturated heterocycles. The summed E-state index contributed by atoms with van der Waals surface area (Å²) in [6.45, 7) is 0. The van der Waals surface area contributed by atoms with Crippen LogP contribution in [-0.4, -0.2) is 22.2 Å². The lowest BCUT2D eigenvalue weighted by Crippen LogP contribution is -2.54. The number of hydrogen-bond acceptors (Lipinski definition) is 0. The van der Waals surface area contributed by atoms with Gasteiger partial charge in [-0.25, -0.2) is 8.78 Å². The van der Waals surface area contributed by atoms with E-state index in [9.17, 15) is 35.1 Å². The average Bonchev–Trinajstić information content (AvgIpc) is 1.84. The molecule has 0 fully saturated rings. The average molecular weight is 328 g/mol. The Morgan fingerprint density at radius 3 is 1.23 bits per heavy atom. The van der Waals surface area contributed by atoms with Crippen molar-refractivity contribution in [1.82, 2.24) is 0 Å². The van der Waals surface area contributed by atoms with E-state index in [1.54, 1.807) is 0 Å². The van der Waals surface area contributed by atoms with E-state index in [2.05, 4.69) is 0 Å². The summed E-state index contributed by atoms with van der Waals surface area (Å²) in [5.41, 5.74) is 0. The first-order chi connectivity index (χ1) is 5.44. The second-order valence-corrected chi connectivity index (χ2v) is 3.35. The Bertz CT molecular complexity index is 181. The predicted molar refractivity (Wildman–Crippen MR) is 34.9 cm³/mol. The maximum atomic E-state index is 12.0. The Labute approximate surface area is 80.4 Å². The van der Waals surface area contributed by atoms with Crippen molar-refractivity contribution in [1.29, 1.82) is 0 Å². The van der Waals surface area contributed by atoms with Crippen LogP contribution < -0.4 is 0 Å². The van der Waals surface area contributed by atoms with Crippen LogP contribution in [0, 0.1) is 0 Å². The smallest absolute Gasteiger partial charge is 0.203 e. The molecule has 0 heterocycles. The molecule has 0 aromatic carbocycles. The Morgan fingerprint density at radius 1 is 0.846 bits per heavy atom. The SMILES string of the molecule is FC(F)C(F)(F)C(F)(F)C(F)(F)I. The minimum Gasteiger partial charge on any atom is -0.203 e. The normalized spacial score (nSPS) is 15.2. The van der Waals surface area contributed by atoms with E-state index in [-0.39, 0.29) is 22.6 Å². The zero-order chi connectivity index (χ0) is 11.1. The molecule has 0 aromatic heterocycles. The van der Waals surface area contributed by atoms with Crippen LogP contribution in [0.1, 0.15) is 0 Å². The summed E-state index contributed by atoms with van der Waals surface area (Å²) in [5.74, 6) is -12.1. The Hall–Kier alpha value is 0.170. The zero-order valence-corrected chi connectivity index (χ0v) is 7.64. The molecule has 0 amide bonds. The molecule has 0 bridgehead atoms. The van der Waals surface area contributed by atoms with E-state index in [1.165, 1.54) is 0 Å². The van der Waals surface area contributed by atoms with Gasteiger partial charge in [0.15, 0.2) is 0 Å². The molecule has 0 atom stereocenters. The minimum atomic E-state index is -6.07. The molecule has 9 heteroatoms. The van der Waals surface area contributed by atoms with Gasteiger partial charge in [0.2, 0.25) is 0 Å². The third kappa shape index (κ3) is 2.15. The van der Waals surface area contributed by atoms with Crippen LogP contribution >= 0.6 is 22.6 Å². The van der Waals surface area contributed by atoms with Crippen molar-refractivity contribution in [3.63, 3.8) is 0 Å². The summed E-state index contributed by atoms with van der Waals surface area (Å²) in [7, 11) is 0. The maximum absolute atomic E-state index is 12.0. The number of rotatable bonds is 3. The molecule has 0 nitrogen and oxygen atoms in total. The summed E-state index contributed by atoms with van der Waals surface area (Å²) in [6, 6.07) is 0. The Balaban J connectivity index is 5.04. The Morgan fingerprint density at radius 2 is 1.15 bits per heavy atom. The zero-order valence-electron chi connectivity index (χ0n) is 5.48. The molecule has 0 rings (SSSR count).